The largest absolute Gasteiger partial charge is 0.454 e. The Labute approximate surface area is 148 Å². The Morgan fingerprint density at radius 2 is 2.00 bits per heavy atom. The Morgan fingerprint density at radius 3 is 2.79 bits per heavy atom. The molecule has 5 nitrogen and oxygen atoms in total. The lowest BCUT2D eigenvalue weighted by atomic mass is 10.1. The summed E-state index contributed by atoms with van der Waals surface area (Å²) in [5.41, 5.74) is 0.897. The number of halogens is 2. The summed E-state index contributed by atoms with van der Waals surface area (Å²) in [5.74, 6) is 0.611. The Kier molecular flexibility index (Phi) is 4.61. The number of amides is 1. The van der Waals surface area contributed by atoms with Gasteiger partial charge < -0.3 is 14.8 Å². The Morgan fingerprint density at radius 1 is 1.21 bits per heavy atom. The van der Waals surface area contributed by atoms with Crippen LogP contribution in [0.3, 0.4) is 0 Å². The van der Waals surface area contributed by atoms with Crippen LogP contribution in [0.4, 0.5) is 5.69 Å². The van der Waals surface area contributed by atoms with Crippen molar-refractivity contribution in [2.45, 2.75) is 0 Å². The van der Waals surface area contributed by atoms with Crippen molar-refractivity contribution in [1.29, 1.82) is 5.26 Å². The third-order valence-corrected chi connectivity index (χ3v) is 4.09. The van der Waals surface area contributed by atoms with Crippen LogP contribution in [-0.4, -0.2) is 12.7 Å². The number of fused-ring (bicyclic) bond motifs is 1. The van der Waals surface area contributed by atoms with Crippen molar-refractivity contribution in [2.75, 3.05) is 12.1 Å². The number of carbonyl (C=O) groups excluding carboxylic acids is 1. The molecule has 0 atom stereocenters. The van der Waals surface area contributed by atoms with E-state index >= 15 is 0 Å². The summed E-state index contributed by atoms with van der Waals surface area (Å²) in [5, 5.41) is 12.4. The summed E-state index contributed by atoms with van der Waals surface area (Å²) in [4.78, 5) is 12.3. The SMILES string of the molecule is N#C/C(=C\c1ccc2c(c1)OCO2)C(=O)Nc1cccc(Cl)c1Cl. The summed E-state index contributed by atoms with van der Waals surface area (Å²) in [6.45, 7) is 0.154. The lowest BCUT2D eigenvalue weighted by molar-refractivity contribution is -0.112. The summed E-state index contributed by atoms with van der Waals surface area (Å²) >= 11 is 11.9. The molecule has 1 heterocycles. The number of benzene rings is 2. The van der Waals surface area contributed by atoms with Crippen LogP contribution in [0.5, 0.6) is 11.5 Å². The van der Waals surface area contributed by atoms with Gasteiger partial charge in [0.05, 0.1) is 15.7 Å². The van der Waals surface area contributed by atoms with Crippen LogP contribution >= 0.6 is 23.2 Å². The van der Waals surface area contributed by atoms with Gasteiger partial charge in [-0.15, -0.1) is 0 Å². The average Bonchev–Trinajstić information content (AvgIpc) is 3.04. The molecule has 0 radical (unpaired) electrons. The van der Waals surface area contributed by atoms with E-state index in [0.29, 0.717) is 27.8 Å². The molecule has 1 N–H and O–H groups in total. The zero-order chi connectivity index (χ0) is 17.1. The molecule has 0 bridgehead atoms. The first-order chi connectivity index (χ1) is 11.6. The van der Waals surface area contributed by atoms with E-state index in [1.54, 1.807) is 36.4 Å². The number of ether oxygens (including phenoxy) is 2. The Bertz CT molecular complexity index is 888. The van der Waals surface area contributed by atoms with E-state index in [1.165, 1.54) is 6.08 Å². The molecule has 2 aromatic rings. The molecule has 7 heteroatoms. The van der Waals surface area contributed by atoms with E-state index in [0.717, 1.165) is 0 Å². The molecule has 0 fully saturated rings. The van der Waals surface area contributed by atoms with Crippen LogP contribution in [0.2, 0.25) is 10.0 Å². The Balaban J connectivity index is 1.84. The van der Waals surface area contributed by atoms with Gasteiger partial charge in [-0.2, -0.15) is 5.26 Å². The molecule has 0 aliphatic carbocycles. The maximum atomic E-state index is 12.3. The topological polar surface area (TPSA) is 71.3 Å². The van der Waals surface area contributed by atoms with Gasteiger partial charge in [-0.1, -0.05) is 35.3 Å². The fourth-order valence-corrected chi connectivity index (χ4v) is 2.46. The fraction of sp³-hybridized carbons (Fsp3) is 0.0588. The molecular formula is C17H10Cl2N2O3. The number of hydrogen-bond donors (Lipinski definition) is 1. The summed E-state index contributed by atoms with van der Waals surface area (Å²) in [7, 11) is 0. The molecule has 1 aliphatic rings. The second kappa shape index (κ2) is 6.83. The quantitative estimate of drug-likeness (QED) is 0.655. The number of nitrogens with zero attached hydrogens (tertiary/aromatic N) is 1. The van der Waals surface area contributed by atoms with Crippen molar-refractivity contribution in [3.63, 3.8) is 0 Å². The molecule has 0 aromatic heterocycles. The van der Waals surface area contributed by atoms with Gasteiger partial charge in [0.25, 0.3) is 5.91 Å². The van der Waals surface area contributed by atoms with Crippen molar-refractivity contribution in [3.05, 3.63) is 57.6 Å². The highest BCUT2D eigenvalue weighted by Gasteiger charge is 2.15. The minimum atomic E-state index is -0.584. The van der Waals surface area contributed by atoms with E-state index in [1.807, 2.05) is 6.07 Å². The predicted octanol–water partition coefficient (Wildman–Crippen LogP) is 4.27. The summed E-state index contributed by atoms with van der Waals surface area (Å²) in [6, 6.07) is 11.9. The lowest BCUT2D eigenvalue weighted by Gasteiger charge is -2.07. The molecule has 24 heavy (non-hydrogen) atoms. The van der Waals surface area contributed by atoms with E-state index in [9.17, 15) is 10.1 Å². The number of nitriles is 1. The van der Waals surface area contributed by atoms with Gasteiger partial charge in [0.1, 0.15) is 11.6 Å². The molecule has 1 aliphatic heterocycles. The second-order valence-electron chi connectivity index (χ2n) is 4.84. The highest BCUT2D eigenvalue weighted by Crippen LogP contribution is 2.33. The van der Waals surface area contributed by atoms with Gasteiger partial charge in [0, 0.05) is 0 Å². The third kappa shape index (κ3) is 3.30. The lowest BCUT2D eigenvalue weighted by Crippen LogP contribution is -2.13. The number of rotatable bonds is 3. The van der Waals surface area contributed by atoms with Crippen LogP contribution in [0.1, 0.15) is 5.56 Å². The molecule has 0 unspecified atom stereocenters. The number of hydrogen-bond acceptors (Lipinski definition) is 4. The molecular weight excluding hydrogens is 351 g/mol. The second-order valence-corrected chi connectivity index (χ2v) is 5.62. The zero-order valence-corrected chi connectivity index (χ0v) is 13.7. The van der Waals surface area contributed by atoms with Gasteiger partial charge in [-0.05, 0) is 35.9 Å². The van der Waals surface area contributed by atoms with Gasteiger partial charge >= 0.3 is 0 Å². The first kappa shape index (κ1) is 16.2. The molecule has 2 aromatic carbocycles. The highest BCUT2D eigenvalue weighted by molar-refractivity contribution is 6.44. The first-order valence-electron chi connectivity index (χ1n) is 6.85. The van der Waals surface area contributed by atoms with Gasteiger partial charge in [-0.3, -0.25) is 4.79 Å². The Hall–Kier alpha value is -2.68. The fourth-order valence-electron chi connectivity index (χ4n) is 2.11. The zero-order valence-electron chi connectivity index (χ0n) is 12.2. The molecule has 0 saturated carbocycles. The van der Waals surface area contributed by atoms with Crippen LogP contribution < -0.4 is 14.8 Å². The average molecular weight is 361 g/mol. The van der Waals surface area contributed by atoms with Crippen molar-refractivity contribution in [1.82, 2.24) is 0 Å². The van der Waals surface area contributed by atoms with Crippen LogP contribution in [0.25, 0.3) is 6.08 Å². The smallest absolute Gasteiger partial charge is 0.266 e. The molecule has 120 valence electrons. The normalized spacial score (nSPS) is 12.6. The van der Waals surface area contributed by atoms with Crippen molar-refractivity contribution in [3.8, 4) is 17.6 Å². The maximum absolute atomic E-state index is 12.3. The summed E-state index contributed by atoms with van der Waals surface area (Å²) in [6.07, 6.45) is 1.45. The monoisotopic (exact) mass is 360 g/mol. The van der Waals surface area contributed by atoms with Gasteiger partial charge in [-0.25, -0.2) is 0 Å². The summed E-state index contributed by atoms with van der Waals surface area (Å²) < 4.78 is 10.5. The minimum absolute atomic E-state index is 0.0788. The maximum Gasteiger partial charge on any atom is 0.266 e. The molecule has 0 spiro atoms. The predicted molar refractivity (Wildman–Crippen MR) is 91.2 cm³/mol. The number of nitrogens with one attached hydrogen (secondary N) is 1. The molecule has 3 rings (SSSR count). The van der Waals surface area contributed by atoms with Crippen LogP contribution in [-0.2, 0) is 4.79 Å². The number of anilines is 1. The van der Waals surface area contributed by atoms with E-state index in [-0.39, 0.29) is 17.4 Å². The van der Waals surface area contributed by atoms with Crippen molar-refractivity contribution in [2.24, 2.45) is 0 Å². The van der Waals surface area contributed by atoms with Crippen LogP contribution in [0, 0.1) is 11.3 Å². The van der Waals surface area contributed by atoms with E-state index in [4.69, 9.17) is 32.7 Å². The van der Waals surface area contributed by atoms with Gasteiger partial charge in [0.15, 0.2) is 11.5 Å². The number of carbonyl (C=O) groups is 1. The molecule has 0 saturated heterocycles. The van der Waals surface area contributed by atoms with Crippen molar-refractivity contribution < 1.29 is 14.3 Å². The van der Waals surface area contributed by atoms with Crippen molar-refractivity contribution >= 4 is 40.9 Å². The highest BCUT2D eigenvalue weighted by atomic mass is 35.5. The minimum Gasteiger partial charge on any atom is -0.454 e. The van der Waals surface area contributed by atoms with E-state index < -0.39 is 5.91 Å². The molecule has 1 amide bonds. The standard InChI is InChI=1S/C17H10Cl2N2O3/c18-12-2-1-3-13(16(12)19)21-17(22)11(8-20)6-10-4-5-14-15(7-10)24-9-23-14/h1-7H,9H2,(H,21,22)/b11-6+. The van der Waals surface area contributed by atoms with Gasteiger partial charge in [0.2, 0.25) is 6.79 Å². The first-order valence-corrected chi connectivity index (χ1v) is 7.61. The third-order valence-electron chi connectivity index (χ3n) is 3.27. The van der Waals surface area contributed by atoms with Crippen LogP contribution in [0.15, 0.2) is 42.0 Å². The van der Waals surface area contributed by atoms with E-state index in [2.05, 4.69) is 5.32 Å².